The Morgan fingerprint density at radius 2 is 2.00 bits per heavy atom. The molecule has 1 aromatic heterocycles. The first-order chi connectivity index (χ1) is 13.4. The number of hydrogen-bond acceptors (Lipinski definition) is 6. The zero-order valence-corrected chi connectivity index (χ0v) is 16.3. The molecule has 4 rings (SSSR count). The number of nitrogen functional groups attached to an aromatic ring is 1. The average molecular weight is 399 g/mol. The highest BCUT2D eigenvalue weighted by atomic mass is 35.5. The molecule has 144 valence electrons. The predicted molar refractivity (Wildman–Crippen MR) is 112 cm³/mol. The van der Waals surface area contributed by atoms with Gasteiger partial charge in [0.05, 0.1) is 11.7 Å². The van der Waals surface area contributed by atoms with Gasteiger partial charge in [-0.1, -0.05) is 25.4 Å². The number of aliphatic imine (C=N–C) groups is 1. The van der Waals surface area contributed by atoms with Crippen molar-refractivity contribution >= 4 is 40.7 Å². The molecule has 28 heavy (non-hydrogen) atoms. The first kappa shape index (κ1) is 18.4. The molecule has 6 nitrogen and oxygen atoms in total. The van der Waals surface area contributed by atoms with Gasteiger partial charge < -0.3 is 11.1 Å². The zero-order valence-electron chi connectivity index (χ0n) is 15.5. The van der Waals surface area contributed by atoms with E-state index in [0.717, 1.165) is 17.2 Å². The highest BCUT2D eigenvalue weighted by molar-refractivity contribution is 6.30. The first-order valence-electron chi connectivity index (χ1n) is 9.07. The molecule has 0 bridgehead atoms. The van der Waals surface area contributed by atoms with Crippen molar-refractivity contribution in [1.29, 1.82) is 0 Å². The molecule has 2 aromatic rings. The van der Waals surface area contributed by atoms with E-state index in [1.165, 1.54) is 6.08 Å². The third kappa shape index (κ3) is 3.45. The average Bonchev–Trinajstić information content (AvgIpc) is 3.02. The quantitative estimate of drug-likeness (QED) is 0.770. The summed E-state index contributed by atoms with van der Waals surface area (Å²) in [5, 5.41) is 3.76. The first-order valence-corrected chi connectivity index (χ1v) is 9.45. The smallest absolute Gasteiger partial charge is 0.231 e. The summed E-state index contributed by atoms with van der Waals surface area (Å²) in [5.41, 5.74) is 7.58. The van der Waals surface area contributed by atoms with Crippen molar-refractivity contribution in [3.63, 3.8) is 0 Å². The van der Waals surface area contributed by atoms with Crippen molar-refractivity contribution in [2.75, 3.05) is 16.0 Å². The molecule has 1 aliphatic carbocycles. The Morgan fingerprint density at radius 3 is 2.71 bits per heavy atom. The Labute approximate surface area is 167 Å². The van der Waals surface area contributed by atoms with Crippen LogP contribution in [-0.4, -0.2) is 21.8 Å². The molecule has 2 atom stereocenters. The molecule has 0 saturated carbocycles. The lowest BCUT2D eigenvalue weighted by Gasteiger charge is -2.26. The van der Waals surface area contributed by atoms with Gasteiger partial charge in [0.15, 0.2) is 0 Å². The molecule has 0 saturated heterocycles. The van der Waals surface area contributed by atoms with Gasteiger partial charge in [0, 0.05) is 29.1 Å². The van der Waals surface area contributed by atoms with Gasteiger partial charge in [0.1, 0.15) is 23.3 Å². The van der Waals surface area contributed by atoms with Crippen LogP contribution in [0.3, 0.4) is 0 Å². The summed E-state index contributed by atoms with van der Waals surface area (Å²) in [4.78, 5) is 15.5. The molecule has 8 heteroatoms. The monoisotopic (exact) mass is 398 g/mol. The number of nitrogens with one attached hydrogen (secondary N) is 1. The summed E-state index contributed by atoms with van der Waals surface area (Å²) in [6, 6.07) is 8.73. The summed E-state index contributed by atoms with van der Waals surface area (Å²) in [6.07, 6.45) is 3.80. The summed E-state index contributed by atoms with van der Waals surface area (Å²) >= 11 is 5.93. The molecule has 3 N–H and O–H groups in total. The lowest BCUT2D eigenvalue weighted by molar-refractivity contribution is 0.560. The second kappa shape index (κ2) is 7.24. The fourth-order valence-corrected chi connectivity index (χ4v) is 3.56. The molecule has 1 aromatic carbocycles. The molecular formula is C20H20ClFN6. The number of aromatic nitrogens is 2. The minimum absolute atomic E-state index is 0.0302. The van der Waals surface area contributed by atoms with Crippen molar-refractivity contribution < 1.29 is 4.39 Å². The van der Waals surface area contributed by atoms with E-state index in [1.807, 2.05) is 30.9 Å². The van der Waals surface area contributed by atoms with Crippen LogP contribution in [0.2, 0.25) is 5.02 Å². The van der Waals surface area contributed by atoms with E-state index in [-0.39, 0.29) is 17.8 Å². The highest BCUT2D eigenvalue weighted by Crippen LogP contribution is 2.37. The predicted octanol–water partition coefficient (Wildman–Crippen LogP) is 4.84. The Bertz CT molecular complexity index is 998. The van der Waals surface area contributed by atoms with Gasteiger partial charge in [-0.15, -0.1) is 0 Å². The molecule has 1 aliphatic heterocycles. The van der Waals surface area contributed by atoms with Crippen molar-refractivity contribution in [2.45, 2.75) is 26.3 Å². The lowest BCUT2D eigenvalue weighted by atomic mass is 9.94. The van der Waals surface area contributed by atoms with Gasteiger partial charge in [0.2, 0.25) is 5.95 Å². The number of anilines is 4. The number of nitrogens with two attached hydrogens (primary N) is 1. The van der Waals surface area contributed by atoms with Gasteiger partial charge in [0.25, 0.3) is 0 Å². The SMILES string of the molecule is CCC1=NC2C(=CC(F)=CC2C)N1c1cc(N)nc(Nc2ccc(Cl)cc2)n1. The van der Waals surface area contributed by atoms with Crippen LogP contribution in [0.5, 0.6) is 0 Å². The highest BCUT2D eigenvalue weighted by Gasteiger charge is 2.37. The van der Waals surface area contributed by atoms with Crippen LogP contribution in [0.4, 0.5) is 27.7 Å². The number of amidine groups is 1. The molecule has 2 heterocycles. The van der Waals surface area contributed by atoms with Gasteiger partial charge >= 0.3 is 0 Å². The van der Waals surface area contributed by atoms with Crippen LogP contribution in [0.25, 0.3) is 0 Å². The number of benzene rings is 1. The number of rotatable bonds is 4. The zero-order chi connectivity index (χ0) is 19.8. The Hall–Kier alpha value is -2.93. The molecule has 2 aliphatic rings. The van der Waals surface area contributed by atoms with E-state index in [9.17, 15) is 4.39 Å². The molecule has 2 unspecified atom stereocenters. The van der Waals surface area contributed by atoms with Crippen LogP contribution >= 0.6 is 11.6 Å². The van der Waals surface area contributed by atoms with Crippen LogP contribution in [0, 0.1) is 5.92 Å². The second-order valence-corrected chi connectivity index (χ2v) is 7.20. The van der Waals surface area contributed by atoms with Gasteiger partial charge in [-0.2, -0.15) is 9.97 Å². The second-order valence-electron chi connectivity index (χ2n) is 6.77. The Morgan fingerprint density at radius 1 is 1.25 bits per heavy atom. The number of nitrogens with zero attached hydrogens (tertiary/aromatic N) is 4. The van der Waals surface area contributed by atoms with Crippen LogP contribution in [-0.2, 0) is 0 Å². The lowest BCUT2D eigenvalue weighted by Crippen LogP contribution is -2.30. The van der Waals surface area contributed by atoms with E-state index in [4.69, 9.17) is 22.3 Å². The number of allylic oxidation sites excluding steroid dienone is 2. The molecule has 0 fully saturated rings. The maximum atomic E-state index is 14.1. The standard InChI is InChI=1S/C20H20ClFN6/c1-3-17-26-19-11(2)8-13(22)9-15(19)28(17)18-10-16(23)25-20(27-18)24-14-6-4-12(21)5-7-14/h4-11,19H,3H2,1-2H3,(H3,23,24,25,27). The summed E-state index contributed by atoms with van der Waals surface area (Å²) < 4.78 is 14.1. The van der Waals surface area contributed by atoms with Crippen molar-refractivity contribution in [3.05, 3.63) is 59.0 Å². The molecule has 0 amide bonds. The number of hydrogen-bond donors (Lipinski definition) is 2. The van der Waals surface area contributed by atoms with Gasteiger partial charge in [-0.05, 0) is 36.4 Å². The third-order valence-corrected chi connectivity index (χ3v) is 4.94. The minimum Gasteiger partial charge on any atom is -0.383 e. The summed E-state index contributed by atoms with van der Waals surface area (Å²) in [5.74, 6) is 1.73. The fraction of sp³-hybridized carbons (Fsp3) is 0.250. The fourth-order valence-electron chi connectivity index (χ4n) is 3.43. The van der Waals surface area contributed by atoms with Crippen molar-refractivity contribution in [2.24, 2.45) is 10.9 Å². The Kier molecular flexibility index (Phi) is 4.77. The van der Waals surface area contributed by atoms with Crippen molar-refractivity contribution in [1.82, 2.24) is 9.97 Å². The maximum absolute atomic E-state index is 14.1. The van der Waals surface area contributed by atoms with Gasteiger partial charge in [-0.3, -0.25) is 9.89 Å². The molecule has 0 radical (unpaired) electrons. The summed E-state index contributed by atoms with van der Waals surface area (Å²) in [7, 11) is 0. The van der Waals surface area contributed by atoms with E-state index in [0.29, 0.717) is 29.0 Å². The summed E-state index contributed by atoms with van der Waals surface area (Å²) in [6.45, 7) is 3.97. The normalized spacial score (nSPS) is 21.0. The third-order valence-electron chi connectivity index (χ3n) is 4.69. The molecule has 0 spiro atoms. The topological polar surface area (TPSA) is 79.4 Å². The van der Waals surface area contributed by atoms with E-state index in [2.05, 4.69) is 15.3 Å². The minimum atomic E-state index is -0.266. The maximum Gasteiger partial charge on any atom is 0.231 e. The van der Waals surface area contributed by atoms with Crippen LogP contribution < -0.4 is 16.0 Å². The van der Waals surface area contributed by atoms with E-state index in [1.54, 1.807) is 24.3 Å². The van der Waals surface area contributed by atoms with Crippen LogP contribution in [0.1, 0.15) is 20.3 Å². The largest absolute Gasteiger partial charge is 0.383 e. The Balaban J connectivity index is 1.72. The van der Waals surface area contributed by atoms with E-state index < -0.39 is 0 Å². The number of fused-ring (bicyclic) bond motifs is 1. The van der Waals surface area contributed by atoms with Crippen molar-refractivity contribution in [3.8, 4) is 0 Å². The van der Waals surface area contributed by atoms with E-state index >= 15 is 0 Å². The van der Waals surface area contributed by atoms with Gasteiger partial charge in [-0.25, -0.2) is 4.39 Å². The molecular weight excluding hydrogens is 379 g/mol. The number of halogens is 2. The van der Waals surface area contributed by atoms with Crippen LogP contribution in [0.15, 0.2) is 59.0 Å².